The first-order chi connectivity index (χ1) is 13.0. The zero-order valence-electron chi connectivity index (χ0n) is 16.6. The molecule has 2 saturated heterocycles. The summed E-state index contributed by atoms with van der Waals surface area (Å²) in [5.41, 5.74) is 2.41. The number of likely N-dealkylation sites (N-methyl/N-ethyl adjacent to an activating group) is 1. The molecule has 3 rings (SSSR count). The maximum absolute atomic E-state index is 12.3. The standard InChI is InChI=1S/C21H32N4O2/c1-17-3-5-18(6-4-17)15-23-20(27)8-12-25-14-13-24(2)21(16-25)9-7-19(26)22-11-10-21/h3-6H,7-16H2,1-2H3,(H,22,26)(H,23,27)/t21-/m1/s1. The molecule has 2 heterocycles. The van der Waals surface area contributed by atoms with Gasteiger partial charge in [0.1, 0.15) is 0 Å². The van der Waals surface area contributed by atoms with Crippen molar-refractivity contribution in [2.45, 2.75) is 44.7 Å². The summed E-state index contributed by atoms with van der Waals surface area (Å²) < 4.78 is 0. The van der Waals surface area contributed by atoms with E-state index in [1.807, 2.05) is 0 Å². The lowest BCUT2D eigenvalue weighted by Gasteiger charge is -2.49. The minimum absolute atomic E-state index is 0.0514. The van der Waals surface area contributed by atoms with E-state index in [1.165, 1.54) is 5.56 Å². The normalized spacial score (nSPS) is 24.4. The topological polar surface area (TPSA) is 64.7 Å². The molecule has 2 aliphatic rings. The maximum Gasteiger partial charge on any atom is 0.221 e. The summed E-state index contributed by atoms with van der Waals surface area (Å²) in [5, 5.41) is 6.01. The molecule has 2 aliphatic heterocycles. The van der Waals surface area contributed by atoms with Crippen molar-refractivity contribution in [2.24, 2.45) is 0 Å². The van der Waals surface area contributed by atoms with E-state index >= 15 is 0 Å². The van der Waals surface area contributed by atoms with Gasteiger partial charge in [-0.2, -0.15) is 0 Å². The maximum atomic E-state index is 12.3. The number of amides is 2. The SMILES string of the molecule is Cc1ccc(CNC(=O)CCN2CCN(C)[C@]3(CCNC(=O)CC3)C2)cc1. The van der Waals surface area contributed by atoms with Crippen molar-refractivity contribution < 1.29 is 9.59 Å². The first-order valence-electron chi connectivity index (χ1n) is 9.99. The molecule has 1 atom stereocenters. The molecule has 0 unspecified atom stereocenters. The molecule has 0 radical (unpaired) electrons. The van der Waals surface area contributed by atoms with Gasteiger partial charge in [0.2, 0.25) is 11.8 Å². The Kier molecular flexibility index (Phi) is 6.50. The summed E-state index contributed by atoms with van der Waals surface area (Å²) in [5.74, 6) is 0.258. The smallest absolute Gasteiger partial charge is 0.221 e. The van der Waals surface area contributed by atoms with Crippen LogP contribution in [-0.2, 0) is 16.1 Å². The van der Waals surface area contributed by atoms with Gasteiger partial charge in [-0.05, 0) is 32.4 Å². The average Bonchev–Trinajstić information content (AvgIpc) is 2.84. The first-order valence-corrected chi connectivity index (χ1v) is 9.99. The fourth-order valence-electron chi connectivity index (χ4n) is 4.12. The Labute approximate surface area is 162 Å². The van der Waals surface area contributed by atoms with Crippen molar-refractivity contribution in [1.82, 2.24) is 20.4 Å². The highest BCUT2D eigenvalue weighted by Gasteiger charge is 2.40. The monoisotopic (exact) mass is 372 g/mol. The van der Waals surface area contributed by atoms with Crippen molar-refractivity contribution in [2.75, 3.05) is 39.8 Å². The van der Waals surface area contributed by atoms with Gasteiger partial charge in [0.15, 0.2) is 0 Å². The number of piperazine rings is 1. The first kappa shape index (κ1) is 19.8. The largest absolute Gasteiger partial charge is 0.356 e. The van der Waals surface area contributed by atoms with Gasteiger partial charge >= 0.3 is 0 Å². The van der Waals surface area contributed by atoms with Gasteiger partial charge in [-0.3, -0.25) is 19.4 Å². The van der Waals surface area contributed by atoms with Crippen LogP contribution in [0.15, 0.2) is 24.3 Å². The Hall–Kier alpha value is -1.92. The van der Waals surface area contributed by atoms with Crippen LogP contribution in [0, 0.1) is 6.92 Å². The summed E-state index contributed by atoms with van der Waals surface area (Å²) >= 11 is 0. The van der Waals surface area contributed by atoms with E-state index in [1.54, 1.807) is 0 Å². The molecule has 6 nitrogen and oxygen atoms in total. The van der Waals surface area contributed by atoms with Gasteiger partial charge in [-0.1, -0.05) is 29.8 Å². The Morgan fingerprint density at radius 2 is 2.00 bits per heavy atom. The van der Waals surface area contributed by atoms with E-state index in [4.69, 9.17) is 0 Å². The average molecular weight is 373 g/mol. The Bertz CT molecular complexity index is 661. The van der Waals surface area contributed by atoms with Gasteiger partial charge in [-0.25, -0.2) is 0 Å². The second kappa shape index (κ2) is 8.85. The van der Waals surface area contributed by atoms with Crippen molar-refractivity contribution >= 4 is 11.8 Å². The molecule has 1 aromatic carbocycles. The molecule has 1 aromatic rings. The second-order valence-electron chi connectivity index (χ2n) is 8.03. The number of rotatable bonds is 5. The van der Waals surface area contributed by atoms with Crippen LogP contribution in [0.2, 0.25) is 0 Å². The number of hydrogen-bond acceptors (Lipinski definition) is 4. The lowest BCUT2D eigenvalue weighted by Crippen LogP contribution is -2.61. The highest BCUT2D eigenvalue weighted by atomic mass is 16.2. The van der Waals surface area contributed by atoms with Crippen LogP contribution in [-0.4, -0.2) is 66.9 Å². The fraction of sp³-hybridized carbons (Fsp3) is 0.619. The summed E-state index contributed by atoms with van der Waals surface area (Å²) in [7, 11) is 2.17. The summed E-state index contributed by atoms with van der Waals surface area (Å²) in [6.45, 7) is 7.06. The van der Waals surface area contributed by atoms with Gasteiger partial charge in [-0.15, -0.1) is 0 Å². The molecule has 27 heavy (non-hydrogen) atoms. The fourth-order valence-corrected chi connectivity index (χ4v) is 4.12. The summed E-state index contributed by atoms with van der Waals surface area (Å²) in [4.78, 5) is 28.8. The predicted octanol–water partition coefficient (Wildman–Crippen LogP) is 1.29. The van der Waals surface area contributed by atoms with Crippen molar-refractivity contribution in [3.8, 4) is 0 Å². The zero-order chi connectivity index (χ0) is 19.3. The van der Waals surface area contributed by atoms with Crippen molar-refractivity contribution in [1.29, 1.82) is 0 Å². The van der Waals surface area contributed by atoms with Crippen LogP contribution in [0.3, 0.4) is 0 Å². The van der Waals surface area contributed by atoms with E-state index < -0.39 is 0 Å². The van der Waals surface area contributed by atoms with Gasteiger partial charge in [0, 0.05) is 57.6 Å². The Morgan fingerprint density at radius 1 is 1.22 bits per heavy atom. The molecule has 0 aliphatic carbocycles. The third kappa shape index (κ3) is 5.30. The van der Waals surface area contributed by atoms with Gasteiger partial charge in [0.05, 0.1) is 0 Å². The molecule has 0 saturated carbocycles. The Morgan fingerprint density at radius 3 is 2.78 bits per heavy atom. The third-order valence-electron chi connectivity index (χ3n) is 6.07. The van der Waals surface area contributed by atoms with E-state index in [0.29, 0.717) is 19.4 Å². The van der Waals surface area contributed by atoms with Gasteiger partial charge < -0.3 is 10.6 Å². The van der Waals surface area contributed by atoms with Crippen LogP contribution in [0.1, 0.15) is 36.8 Å². The minimum Gasteiger partial charge on any atom is -0.356 e. The zero-order valence-corrected chi connectivity index (χ0v) is 16.6. The highest BCUT2D eigenvalue weighted by molar-refractivity contribution is 5.76. The Balaban J connectivity index is 1.46. The van der Waals surface area contributed by atoms with E-state index in [9.17, 15) is 9.59 Å². The number of nitrogens with one attached hydrogen (secondary N) is 2. The minimum atomic E-state index is 0.0514. The van der Waals surface area contributed by atoms with Crippen LogP contribution in [0.25, 0.3) is 0 Å². The summed E-state index contributed by atoms with van der Waals surface area (Å²) in [6.07, 6.45) is 2.98. The lowest BCUT2D eigenvalue weighted by atomic mass is 9.86. The number of carbonyl (C=O) groups excluding carboxylic acids is 2. The molecular formula is C21H32N4O2. The number of hydrogen-bond donors (Lipinski definition) is 2. The van der Waals surface area contributed by atoms with Gasteiger partial charge in [0.25, 0.3) is 0 Å². The van der Waals surface area contributed by atoms with Crippen LogP contribution in [0.4, 0.5) is 0 Å². The number of benzene rings is 1. The van der Waals surface area contributed by atoms with E-state index in [-0.39, 0.29) is 17.4 Å². The lowest BCUT2D eigenvalue weighted by molar-refractivity contribution is -0.122. The van der Waals surface area contributed by atoms with Crippen molar-refractivity contribution in [3.63, 3.8) is 0 Å². The molecule has 2 amide bonds. The molecule has 6 heteroatoms. The van der Waals surface area contributed by atoms with Crippen LogP contribution < -0.4 is 10.6 Å². The quantitative estimate of drug-likeness (QED) is 0.818. The predicted molar refractivity (Wildman–Crippen MR) is 106 cm³/mol. The van der Waals surface area contributed by atoms with E-state index in [2.05, 4.69) is 58.7 Å². The number of aryl methyl sites for hydroxylation is 1. The highest BCUT2D eigenvalue weighted by Crippen LogP contribution is 2.30. The molecule has 1 spiro atoms. The molecule has 2 N–H and O–H groups in total. The van der Waals surface area contributed by atoms with Crippen LogP contribution >= 0.6 is 0 Å². The summed E-state index contributed by atoms with van der Waals surface area (Å²) in [6, 6.07) is 8.25. The van der Waals surface area contributed by atoms with Crippen LogP contribution in [0.5, 0.6) is 0 Å². The molecule has 0 bridgehead atoms. The molecule has 2 fully saturated rings. The number of carbonyl (C=O) groups is 2. The second-order valence-corrected chi connectivity index (χ2v) is 8.03. The molecule has 148 valence electrons. The molecule has 0 aromatic heterocycles. The number of nitrogens with zero attached hydrogens (tertiary/aromatic N) is 2. The van der Waals surface area contributed by atoms with E-state index in [0.717, 1.165) is 51.1 Å². The molecular weight excluding hydrogens is 340 g/mol. The van der Waals surface area contributed by atoms with Crippen molar-refractivity contribution in [3.05, 3.63) is 35.4 Å². The third-order valence-corrected chi connectivity index (χ3v) is 6.07.